The zero-order chi connectivity index (χ0) is 13.0. The number of alkyl halides is 1. The Kier molecular flexibility index (Phi) is 4.54. The van der Waals surface area contributed by atoms with Gasteiger partial charge in [-0.25, -0.2) is 4.39 Å². The molecule has 0 saturated heterocycles. The molecule has 0 aliphatic rings. The lowest BCUT2D eigenvalue weighted by atomic mass is 9.93. The highest BCUT2D eigenvalue weighted by Crippen LogP contribution is 2.24. The molecule has 0 saturated carbocycles. The molecule has 2 aromatic carbocycles. The van der Waals surface area contributed by atoms with Gasteiger partial charge < -0.3 is 0 Å². The first-order chi connectivity index (χ1) is 8.69. The van der Waals surface area contributed by atoms with E-state index in [1.165, 1.54) is 28.8 Å². The summed E-state index contributed by atoms with van der Waals surface area (Å²) in [5.74, 6) is 0.250. The first-order valence-electron chi connectivity index (χ1n) is 6.06. The van der Waals surface area contributed by atoms with Gasteiger partial charge in [0.2, 0.25) is 0 Å². The lowest BCUT2D eigenvalue weighted by molar-refractivity contribution is 0.626. The van der Waals surface area contributed by atoms with Crippen molar-refractivity contribution in [2.75, 3.05) is 5.33 Å². The summed E-state index contributed by atoms with van der Waals surface area (Å²) in [6.45, 7) is 2.10. The third kappa shape index (κ3) is 3.42. The van der Waals surface area contributed by atoms with Crippen molar-refractivity contribution in [2.24, 2.45) is 0 Å². The third-order valence-corrected chi connectivity index (χ3v) is 3.88. The molecule has 0 heterocycles. The minimum Gasteiger partial charge on any atom is -0.207 e. The zero-order valence-electron chi connectivity index (χ0n) is 10.4. The third-order valence-electron chi connectivity index (χ3n) is 3.10. The second kappa shape index (κ2) is 6.14. The summed E-state index contributed by atoms with van der Waals surface area (Å²) in [4.78, 5) is 0. The van der Waals surface area contributed by atoms with Crippen LogP contribution in [-0.4, -0.2) is 5.33 Å². The molecule has 0 aromatic heterocycles. The van der Waals surface area contributed by atoms with E-state index in [1.54, 1.807) is 0 Å². The Morgan fingerprint density at radius 2 is 1.83 bits per heavy atom. The Balaban J connectivity index is 2.17. The molecule has 0 bridgehead atoms. The van der Waals surface area contributed by atoms with Gasteiger partial charge in [0.1, 0.15) is 5.82 Å². The Hall–Kier alpha value is -1.15. The Morgan fingerprint density at radius 3 is 2.44 bits per heavy atom. The molecule has 0 radical (unpaired) electrons. The highest BCUT2D eigenvalue weighted by Gasteiger charge is 2.11. The molecular weight excluding hydrogens is 291 g/mol. The lowest BCUT2D eigenvalue weighted by Gasteiger charge is -2.15. The number of rotatable bonds is 4. The number of hydrogen-bond acceptors (Lipinski definition) is 0. The van der Waals surface area contributed by atoms with Gasteiger partial charge in [-0.2, -0.15) is 0 Å². The van der Waals surface area contributed by atoms with Crippen molar-refractivity contribution in [3.63, 3.8) is 0 Å². The molecule has 1 unspecified atom stereocenters. The summed E-state index contributed by atoms with van der Waals surface area (Å²) in [5, 5.41) is 0.911. The average Bonchev–Trinajstić information content (AvgIpc) is 2.38. The van der Waals surface area contributed by atoms with Crippen molar-refractivity contribution < 1.29 is 4.39 Å². The maximum atomic E-state index is 12.9. The molecule has 0 nitrogen and oxygen atoms in total. The van der Waals surface area contributed by atoms with E-state index in [-0.39, 0.29) is 5.82 Å². The van der Waals surface area contributed by atoms with Crippen LogP contribution in [0.25, 0.3) is 0 Å². The van der Waals surface area contributed by atoms with Crippen LogP contribution in [0.2, 0.25) is 0 Å². The van der Waals surface area contributed by atoms with E-state index in [1.807, 2.05) is 12.1 Å². The molecule has 0 fully saturated rings. The monoisotopic (exact) mass is 306 g/mol. The molecule has 0 aliphatic carbocycles. The predicted octanol–water partition coefficient (Wildman–Crippen LogP) is 4.86. The van der Waals surface area contributed by atoms with Crippen molar-refractivity contribution in [1.29, 1.82) is 0 Å². The number of halogens is 2. The summed E-state index contributed by atoms with van der Waals surface area (Å²) in [6.07, 6.45) is 0.926. The van der Waals surface area contributed by atoms with Crippen LogP contribution < -0.4 is 0 Å². The van der Waals surface area contributed by atoms with Gasteiger partial charge in [0.25, 0.3) is 0 Å². The second-order valence-electron chi connectivity index (χ2n) is 4.60. The van der Waals surface area contributed by atoms with E-state index in [9.17, 15) is 4.39 Å². The van der Waals surface area contributed by atoms with Gasteiger partial charge in [0, 0.05) is 5.33 Å². The SMILES string of the molecule is Cc1cccc(C(CBr)Cc2ccc(F)cc2)c1. The summed E-state index contributed by atoms with van der Waals surface area (Å²) in [6, 6.07) is 15.3. The Bertz CT molecular complexity index is 505. The van der Waals surface area contributed by atoms with E-state index < -0.39 is 0 Å². The lowest BCUT2D eigenvalue weighted by Crippen LogP contribution is -2.04. The van der Waals surface area contributed by atoms with Crippen LogP contribution in [0.1, 0.15) is 22.6 Å². The fraction of sp³-hybridized carbons (Fsp3) is 0.250. The van der Waals surface area contributed by atoms with E-state index in [2.05, 4.69) is 47.1 Å². The molecular formula is C16H16BrF. The number of hydrogen-bond donors (Lipinski definition) is 0. The van der Waals surface area contributed by atoms with Crippen LogP contribution in [0.4, 0.5) is 4.39 Å². The zero-order valence-corrected chi connectivity index (χ0v) is 12.0. The molecule has 1 atom stereocenters. The standard InChI is InChI=1S/C16H16BrF/c1-12-3-2-4-14(9-12)15(11-17)10-13-5-7-16(18)8-6-13/h2-9,15H,10-11H2,1H3. The van der Waals surface area contributed by atoms with Crippen molar-refractivity contribution in [3.8, 4) is 0 Å². The molecule has 0 N–H and O–H groups in total. The van der Waals surface area contributed by atoms with Gasteiger partial charge in [-0.15, -0.1) is 0 Å². The largest absolute Gasteiger partial charge is 0.207 e. The smallest absolute Gasteiger partial charge is 0.123 e. The molecule has 2 heteroatoms. The molecule has 94 valence electrons. The molecule has 18 heavy (non-hydrogen) atoms. The van der Waals surface area contributed by atoms with Crippen LogP contribution in [0.5, 0.6) is 0 Å². The summed E-state index contributed by atoms with van der Waals surface area (Å²) in [5.41, 5.74) is 3.77. The minimum absolute atomic E-state index is 0.176. The van der Waals surface area contributed by atoms with E-state index in [0.29, 0.717) is 5.92 Å². The maximum Gasteiger partial charge on any atom is 0.123 e. The van der Waals surface area contributed by atoms with Crippen LogP contribution in [-0.2, 0) is 6.42 Å². The van der Waals surface area contributed by atoms with Gasteiger partial charge in [-0.05, 0) is 42.5 Å². The fourth-order valence-electron chi connectivity index (χ4n) is 2.09. The van der Waals surface area contributed by atoms with Crippen molar-refractivity contribution >= 4 is 15.9 Å². The quantitative estimate of drug-likeness (QED) is 0.708. The Labute approximate surface area is 116 Å². The van der Waals surface area contributed by atoms with Crippen LogP contribution in [0.3, 0.4) is 0 Å². The van der Waals surface area contributed by atoms with Gasteiger partial charge >= 0.3 is 0 Å². The first-order valence-corrected chi connectivity index (χ1v) is 7.18. The fourth-order valence-corrected chi connectivity index (χ4v) is 2.69. The van der Waals surface area contributed by atoms with Crippen LogP contribution in [0.15, 0.2) is 48.5 Å². The summed E-state index contributed by atoms with van der Waals surface area (Å²) in [7, 11) is 0. The highest BCUT2D eigenvalue weighted by molar-refractivity contribution is 9.09. The van der Waals surface area contributed by atoms with Gasteiger partial charge in [0.15, 0.2) is 0 Å². The maximum absolute atomic E-state index is 12.9. The van der Waals surface area contributed by atoms with E-state index in [0.717, 1.165) is 11.8 Å². The molecule has 2 aromatic rings. The first kappa shape index (κ1) is 13.3. The molecule has 0 spiro atoms. The van der Waals surface area contributed by atoms with Gasteiger partial charge in [-0.3, -0.25) is 0 Å². The van der Waals surface area contributed by atoms with E-state index >= 15 is 0 Å². The average molecular weight is 307 g/mol. The summed E-state index contributed by atoms with van der Waals surface area (Å²) < 4.78 is 12.9. The van der Waals surface area contributed by atoms with Crippen molar-refractivity contribution in [3.05, 3.63) is 71.0 Å². The molecule has 2 rings (SSSR count). The second-order valence-corrected chi connectivity index (χ2v) is 5.24. The predicted molar refractivity (Wildman–Crippen MR) is 77.8 cm³/mol. The van der Waals surface area contributed by atoms with Crippen molar-refractivity contribution in [2.45, 2.75) is 19.3 Å². The van der Waals surface area contributed by atoms with Crippen molar-refractivity contribution in [1.82, 2.24) is 0 Å². The number of benzene rings is 2. The molecule has 0 aliphatic heterocycles. The highest BCUT2D eigenvalue weighted by atomic mass is 79.9. The topological polar surface area (TPSA) is 0 Å². The molecule has 0 amide bonds. The van der Waals surface area contributed by atoms with Crippen LogP contribution >= 0.6 is 15.9 Å². The normalized spacial score (nSPS) is 12.4. The van der Waals surface area contributed by atoms with Gasteiger partial charge in [0.05, 0.1) is 0 Å². The Morgan fingerprint density at radius 1 is 1.11 bits per heavy atom. The summed E-state index contributed by atoms with van der Waals surface area (Å²) >= 11 is 3.58. The number of aryl methyl sites for hydroxylation is 1. The van der Waals surface area contributed by atoms with E-state index in [4.69, 9.17) is 0 Å². The van der Waals surface area contributed by atoms with Crippen LogP contribution in [0, 0.1) is 12.7 Å². The minimum atomic E-state index is -0.176. The van der Waals surface area contributed by atoms with Gasteiger partial charge in [-0.1, -0.05) is 57.9 Å².